The lowest BCUT2D eigenvalue weighted by atomic mass is 10.2. The normalized spacial score (nSPS) is 31.6. The number of hydrogen-bond acceptors (Lipinski definition) is 4. The van der Waals surface area contributed by atoms with Crippen LogP contribution in [0.5, 0.6) is 0 Å². The summed E-state index contributed by atoms with van der Waals surface area (Å²) < 4.78 is 23.6. The number of amides is 1. The van der Waals surface area contributed by atoms with Crippen LogP contribution in [0.4, 0.5) is 0 Å². The molecule has 2 aliphatic rings. The lowest BCUT2D eigenvalue weighted by molar-refractivity contribution is -0.132. The Morgan fingerprint density at radius 2 is 2.13 bits per heavy atom. The molecule has 0 saturated carbocycles. The maximum Gasteiger partial charge on any atom is 0.237 e. The standard InChI is InChI=1S/C9H16N2O3S/c12-8-7-10-4-5-11(8)9-3-1-2-6-15(9,13)14/h9-10H,1-7H2. The van der Waals surface area contributed by atoms with Gasteiger partial charge in [-0.25, -0.2) is 8.42 Å². The fraction of sp³-hybridized carbons (Fsp3) is 0.889. The van der Waals surface area contributed by atoms with Crippen molar-refractivity contribution >= 4 is 15.7 Å². The van der Waals surface area contributed by atoms with Gasteiger partial charge in [-0.05, 0) is 19.3 Å². The van der Waals surface area contributed by atoms with E-state index in [0.29, 0.717) is 19.5 Å². The van der Waals surface area contributed by atoms with Crippen molar-refractivity contribution in [3.8, 4) is 0 Å². The van der Waals surface area contributed by atoms with Crippen LogP contribution in [0.15, 0.2) is 0 Å². The highest BCUT2D eigenvalue weighted by atomic mass is 32.2. The first-order valence-corrected chi connectivity index (χ1v) is 7.04. The van der Waals surface area contributed by atoms with Gasteiger partial charge in [-0.15, -0.1) is 0 Å². The summed E-state index contributed by atoms with van der Waals surface area (Å²) in [5, 5.41) is 2.39. The van der Waals surface area contributed by atoms with Gasteiger partial charge in [0.1, 0.15) is 5.37 Å². The first kappa shape index (κ1) is 10.9. The zero-order valence-electron chi connectivity index (χ0n) is 8.61. The van der Waals surface area contributed by atoms with Crippen molar-refractivity contribution in [2.24, 2.45) is 0 Å². The number of carbonyl (C=O) groups excluding carboxylic acids is 1. The van der Waals surface area contributed by atoms with Crippen molar-refractivity contribution in [2.75, 3.05) is 25.4 Å². The third kappa shape index (κ3) is 2.15. The molecule has 2 rings (SSSR count). The molecule has 0 bridgehead atoms. The van der Waals surface area contributed by atoms with Crippen molar-refractivity contribution in [2.45, 2.75) is 24.6 Å². The molecule has 2 saturated heterocycles. The van der Waals surface area contributed by atoms with Crippen molar-refractivity contribution in [3.63, 3.8) is 0 Å². The lowest BCUT2D eigenvalue weighted by Gasteiger charge is -2.36. The minimum atomic E-state index is -3.08. The van der Waals surface area contributed by atoms with Crippen molar-refractivity contribution in [3.05, 3.63) is 0 Å². The van der Waals surface area contributed by atoms with E-state index in [4.69, 9.17) is 0 Å². The number of rotatable bonds is 1. The third-order valence-corrected chi connectivity index (χ3v) is 5.20. The number of hydrogen-bond donors (Lipinski definition) is 1. The van der Waals surface area contributed by atoms with Crippen molar-refractivity contribution in [1.29, 1.82) is 0 Å². The second-order valence-electron chi connectivity index (χ2n) is 4.08. The number of carbonyl (C=O) groups is 1. The summed E-state index contributed by atoms with van der Waals surface area (Å²) in [6, 6.07) is 0. The molecule has 6 heteroatoms. The fourth-order valence-electron chi connectivity index (χ4n) is 2.21. The Kier molecular flexibility index (Phi) is 2.97. The van der Waals surface area contributed by atoms with Crippen LogP contribution in [0.2, 0.25) is 0 Å². The summed E-state index contributed by atoms with van der Waals surface area (Å²) in [6.45, 7) is 1.48. The van der Waals surface area contributed by atoms with Crippen LogP contribution >= 0.6 is 0 Å². The molecule has 2 aliphatic heterocycles. The van der Waals surface area contributed by atoms with Gasteiger partial charge in [0.2, 0.25) is 5.91 Å². The average Bonchev–Trinajstić information content (AvgIpc) is 2.19. The van der Waals surface area contributed by atoms with Gasteiger partial charge in [-0.3, -0.25) is 4.79 Å². The minimum Gasteiger partial charge on any atom is -0.323 e. The number of nitrogens with zero attached hydrogens (tertiary/aromatic N) is 1. The molecule has 1 N–H and O–H groups in total. The van der Waals surface area contributed by atoms with Crippen LogP contribution in [0.1, 0.15) is 19.3 Å². The predicted molar refractivity (Wildman–Crippen MR) is 56.0 cm³/mol. The first-order valence-electron chi connectivity index (χ1n) is 5.33. The molecule has 0 spiro atoms. The summed E-state index contributed by atoms with van der Waals surface area (Å²) >= 11 is 0. The van der Waals surface area contributed by atoms with E-state index in [-0.39, 0.29) is 18.2 Å². The van der Waals surface area contributed by atoms with Crippen molar-refractivity contribution < 1.29 is 13.2 Å². The molecule has 0 radical (unpaired) electrons. The zero-order valence-corrected chi connectivity index (χ0v) is 9.42. The monoisotopic (exact) mass is 232 g/mol. The van der Waals surface area contributed by atoms with Gasteiger partial charge in [0.15, 0.2) is 9.84 Å². The predicted octanol–water partition coefficient (Wildman–Crippen LogP) is -0.657. The Labute approximate surface area is 89.7 Å². The number of sulfone groups is 1. The number of nitrogens with one attached hydrogen (secondary N) is 1. The van der Waals surface area contributed by atoms with Crippen LogP contribution in [-0.2, 0) is 14.6 Å². The highest BCUT2D eigenvalue weighted by Gasteiger charge is 2.36. The van der Waals surface area contributed by atoms with E-state index in [1.54, 1.807) is 0 Å². The molecule has 86 valence electrons. The molecule has 5 nitrogen and oxygen atoms in total. The Morgan fingerprint density at radius 3 is 2.80 bits per heavy atom. The largest absolute Gasteiger partial charge is 0.323 e. The average molecular weight is 232 g/mol. The first-order chi connectivity index (χ1) is 7.11. The van der Waals surface area contributed by atoms with Crippen LogP contribution in [0.25, 0.3) is 0 Å². The summed E-state index contributed by atoms with van der Waals surface area (Å²) in [7, 11) is -3.08. The Balaban J connectivity index is 2.17. The van der Waals surface area contributed by atoms with Crippen LogP contribution in [0.3, 0.4) is 0 Å². The third-order valence-electron chi connectivity index (χ3n) is 3.02. The second kappa shape index (κ2) is 4.09. The molecule has 0 aromatic carbocycles. The highest BCUT2D eigenvalue weighted by Crippen LogP contribution is 2.23. The maximum absolute atomic E-state index is 11.8. The van der Waals surface area contributed by atoms with Crippen molar-refractivity contribution in [1.82, 2.24) is 10.2 Å². The smallest absolute Gasteiger partial charge is 0.237 e. The number of piperazine rings is 1. The Bertz CT molecular complexity index is 352. The van der Waals surface area contributed by atoms with E-state index >= 15 is 0 Å². The summed E-state index contributed by atoms with van der Waals surface area (Å²) in [6.07, 6.45) is 2.24. The molecule has 2 fully saturated rings. The fourth-order valence-corrected chi connectivity index (χ4v) is 4.23. The lowest BCUT2D eigenvalue weighted by Crippen LogP contribution is -2.55. The molecule has 1 atom stereocenters. The molecular formula is C9H16N2O3S. The van der Waals surface area contributed by atoms with E-state index in [2.05, 4.69) is 5.32 Å². The quantitative estimate of drug-likeness (QED) is 0.652. The summed E-state index contributed by atoms with van der Waals surface area (Å²) in [4.78, 5) is 13.1. The van der Waals surface area contributed by atoms with Gasteiger partial charge in [-0.1, -0.05) is 0 Å². The molecule has 1 unspecified atom stereocenters. The van der Waals surface area contributed by atoms with E-state index in [9.17, 15) is 13.2 Å². The highest BCUT2D eigenvalue weighted by molar-refractivity contribution is 7.92. The maximum atomic E-state index is 11.8. The van der Waals surface area contributed by atoms with E-state index < -0.39 is 15.2 Å². The zero-order chi connectivity index (χ0) is 10.9. The van der Waals surface area contributed by atoms with E-state index in [1.807, 2.05) is 0 Å². The van der Waals surface area contributed by atoms with E-state index in [0.717, 1.165) is 12.8 Å². The molecule has 0 aromatic heterocycles. The Hall–Kier alpha value is -0.620. The van der Waals surface area contributed by atoms with Gasteiger partial charge < -0.3 is 10.2 Å². The summed E-state index contributed by atoms with van der Waals surface area (Å²) in [5.74, 6) is 0.145. The van der Waals surface area contributed by atoms with Crippen LogP contribution < -0.4 is 5.32 Å². The summed E-state index contributed by atoms with van der Waals surface area (Å²) in [5.41, 5.74) is 0. The van der Waals surface area contributed by atoms with Gasteiger partial charge >= 0.3 is 0 Å². The van der Waals surface area contributed by atoms with Gasteiger partial charge in [0.05, 0.1) is 12.3 Å². The molecule has 2 heterocycles. The van der Waals surface area contributed by atoms with Gasteiger partial charge in [-0.2, -0.15) is 0 Å². The SMILES string of the molecule is O=C1CNCCN1C1CCCCS1(=O)=O. The molecule has 0 aliphatic carbocycles. The minimum absolute atomic E-state index is 0.0864. The topological polar surface area (TPSA) is 66.5 Å². The van der Waals surface area contributed by atoms with Gasteiger partial charge in [0.25, 0.3) is 0 Å². The van der Waals surface area contributed by atoms with Gasteiger partial charge in [0, 0.05) is 13.1 Å². The Morgan fingerprint density at radius 1 is 1.33 bits per heavy atom. The molecule has 1 amide bonds. The van der Waals surface area contributed by atoms with Crippen LogP contribution in [-0.4, -0.2) is 50.0 Å². The second-order valence-corrected chi connectivity index (χ2v) is 6.36. The molecule has 15 heavy (non-hydrogen) atoms. The van der Waals surface area contributed by atoms with E-state index in [1.165, 1.54) is 4.90 Å². The molecule has 0 aromatic rings. The van der Waals surface area contributed by atoms with Crippen LogP contribution in [0, 0.1) is 0 Å². The molecular weight excluding hydrogens is 216 g/mol.